The van der Waals surface area contributed by atoms with Crippen LogP contribution >= 0.6 is 0 Å². The molecule has 1 aromatic rings. The zero-order valence-corrected chi connectivity index (χ0v) is 11.9. The van der Waals surface area contributed by atoms with Crippen LogP contribution in [0.15, 0.2) is 12.4 Å². The standard InChI is InChI=1S/C12H19F3N4O/c1-8(9-5-17-19(4)6-9)18-10(20)16-7-11(2,3)12(13,14)15/h5-6,8H,7H2,1-4H3,(H2,16,18,20). The molecule has 2 N–H and O–H groups in total. The number of halogens is 3. The van der Waals surface area contributed by atoms with Crippen LogP contribution < -0.4 is 10.6 Å². The zero-order chi connectivity index (χ0) is 15.6. The lowest BCUT2D eigenvalue weighted by Crippen LogP contribution is -2.46. The van der Waals surface area contributed by atoms with Gasteiger partial charge in [-0.15, -0.1) is 0 Å². The summed E-state index contributed by atoms with van der Waals surface area (Å²) in [6, 6.07) is -0.976. The monoisotopic (exact) mass is 292 g/mol. The lowest BCUT2D eigenvalue weighted by atomic mass is 9.93. The third-order valence-electron chi connectivity index (χ3n) is 3.03. The Labute approximate surface area is 115 Å². The van der Waals surface area contributed by atoms with Gasteiger partial charge < -0.3 is 10.6 Å². The fourth-order valence-electron chi connectivity index (χ4n) is 1.40. The van der Waals surface area contributed by atoms with Gasteiger partial charge in [0, 0.05) is 25.4 Å². The van der Waals surface area contributed by atoms with Crippen LogP contribution in [0.2, 0.25) is 0 Å². The molecule has 0 bridgehead atoms. The van der Waals surface area contributed by atoms with Crippen molar-refractivity contribution in [2.45, 2.75) is 33.0 Å². The lowest BCUT2D eigenvalue weighted by Gasteiger charge is -2.28. The van der Waals surface area contributed by atoms with Gasteiger partial charge in [-0.05, 0) is 20.8 Å². The molecule has 2 amide bonds. The number of hydrogen-bond acceptors (Lipinski definition) is 2. The molecule has 0 aliphatic rings. The van der Waals surface area contributed by atoms with Crippen molar-refractivity contribution in [1.29, 1.82) is 0 Å². The van der Waals surface area contributed by atoms with E-state index in [4.69, 9.17) is 0 Å². The van der Waals surface area contributed by atoms with Gasteiger partial charge in [-0.3, -0.25) is 4.68 Å². The Morgan fingerprint density at radius 1 is 1.45 bits per heavy atom. The largest absolute Gasteiger partial charge is 0.395 e. The van der Waals surface area contributed by atoms with E-state index in [0.717, 1.165) is 19.4 Å². The van der Waals surface area contributed by atoms with Crippen molar-refractivity contribution < 1.29 is 18.0 Å². The van der Waals surface area contributed by atoms with Gasteiger partial charge in [-0.2, -0.15) is 18.3 Å². The van der Waals surface area contributed by atoms with Gasteiger partial charge >= 0.3 is 12.2 Å². The van der Waals surface area contributed by atoms with Crippen LogP contribution in [0.5, 0.6) is 0 Å². The van der Waals surface area contributed by atoms with E-state index < -0.39 is 24.2 Å². The number of carbonyl (C=O) groups excluding carboxylic acids is 1. The average Bonchev–Trinajstić information content (AvgIpc) is 2.72. The highest BCUT2D eigenvalue weighted by atomic mass is 19.4. The van der Waals surface area contributed by atoms with E-state index in [1.165, 1.54) is 0 Å². The number of urea groups is 1. The molecular formula is C12H19F3N4O. The number of alkyl halides is 3. The number of hydrogen-bond donors (Lipinski definition) is 2. The maximum absolute atomic E-state index is 12.6. The van der Waals surface area contributed by atoms with Gasteiger partial charge in [0.05, 0.1) is 17.7 Å². The third kappa shape index (κ3) is 4.14. The summed E-state index contributed by atoms with van der Waals surface area (Å²) in [7, 11) is 1.74. The minimum atomic E-state index is -4.37. The summed E-state index contributed by atoms with van der Waals surface area (Å²) in [5, 5.41) is 8.76. The second-order valence-corrected chi connectivity index (χ2v) is 5.38. The molecule has 0 aliphatic heterocycles. The molecule has 20 heavy (non-hydrogen) atoms. The highest BCUT2D eigenvalue weighted by Crippen LogP contribution is 2.36. The van der Waals surface area contributed by atoms with Gasteiger partial charge in [-0.25, -0.2) is 4.79 Å². The third-order valence-corrected chi connectivity index (χ3v) is 3.03. The molecule has 0 radical (unpaired) electrons. The first-order chi connectivity index (χ1) is 9.03. The van der Waals surface area contributed by atoms with E-state index in [2.05, 4.69) is 15.7 Å². The van der Waals surface area contributed by atoms with Gasteiger partial charge in [-0.1, -0.05) is 0 Å². The maximum Gasteiger partial charge on any atom is 0.395 e. The molecule has 8 heteroatoms. The molecule has 0 aromatic carbocycles. The van der Waals surface area contributed by atoms with Crippen molar-refractivity contribution in [1.82, 2.24) is 20.4 Å². The minimum absolute atomic E-state index is 0.335. The van der Waals surface area contributed by atoms with Crippen LogP contribution in [0.25, 0.3) is 0 Å². The molecule has 1 rings (SSSR count). The molecule has 0 saturated heterocycles. The number of rotatable bonds is 4. The second kappa shape index (κ2) is 5.72. The number of aromatic nitrogens is 2. The molecule has 1 aromatic heterocycles. The van der Waals surface area contributed by atoms with Gasteiger partial charge in [0.15, 0.2) is 0 Å². The Hall–Kier alpha value is -1.73. The summed E-state index contributed by atoms with van der Waals surface area (Å²) in [6.07, 6.45) is -1.05. The Bertz CT molecular complexity index is 468. The Kier molecular flexibility index (Phi) is 4.67. The van der Waals surface area contributed by atoms with E-state index in [9.17, 15) is 18.0 Å². The summed E-state index contributed by atoms with van der Waals surface area (Å²) in [5.41, 5.74) is -1.19. The number of carbonyl (C=O) groups is 1. The molecule has 0 fully saturated rings. The first-order valence-electron chi connectivity index (χ1n) is 6.12. The summed E-state index contributed by atoms with van der Waals surface area (Å²) in [5.74, 6) is 0. The summed E-state index contributed by atoms with van der Waals surface area (Å²) < 4.78 is 39.5. The molecule has 114 valence electrons. The fourth-order valence-corrected chi connectivity index (χ4v) is 1.40. The predicted molar refractivity (Wildman–Crippen MR) is 68.0 cm³/mol. The van der Waals surface area contributed by atoms with E-state index in [1.54, 1.807) is 31.0 Å². The average molecular weight is 292 g/mol. The minimum Gasteiger partial charge on any atom is -0.337 e. The number of aryl methyl sites for hydroxylation is 1. The van der Waals surface area contributed by atoms with E-state index in [-0.39, 0.29) is 6.04 Å². The van der Waals surface area contributed by atoms with Crippen LogP contribution in [0, 0.1) is 5.41 Å². The molecule has 1 heterocycles. The van der Waals surface area contributed by atoms with Crippen molar-refractivity contribution in [3.8, 4) is 0 Å². The molecule has 0 aliphatic carbocycles. The summed E-state index contributed by atoms with van der Waals surface area (Å²) >= 11 is 0. The molecule has 1 atom stereocenters. The molecule has 1 unspecified atom stereocenters. The number of nitrogens with one attached hydrogen (secondary N) is 2. The van der Waals surface area contributed by atoms with E-state index in [1.807, 2.05) is 0 Å². The fraction of sp³-hybridized carbons (Fsp3) is 0.667. The maximum atomic E-state index is 12.6. The lowest BCUT2D eigenvalue weighted by molar-refractivity contribution is -0.208. The van der Waals surface area contributed by atoms with Crippen molar-refractivity contribution >= 4 is 6.03 Å². The molecule has 0 spiro atoms. The number of nitrogens with zero attached hydrogens (tertiary/aromatic N) is 2. The van der Waals surface area contributed by atoms with Crippen molar-refractivity contribution in [2.24, 2.45) is 12.5 Å². The number of amides is 2. The summed E-state index contributed by atoms with van der Waals surface area (Å²) in [4.78, 5) is 11.6. The first kappa shape index (κ1) is 16.3. The zero-order valence-electron chi connectivity index (χ0n) is 11.9. The predicted octanol–water partition coefficient (Wildman–Crippen LogP) is 2.37. The van der Waals surface area contributed by atoms with E-state index in [0.29, 0.717) is 0 Å². The Morgan fingerprint density at radius 3 is 2.50 bits per heavy atom. The van der Waals surface area contributed by atoms with Crippen LogP contribution in [-0.2, 0) is 7.05 Å². The topological polar surface area (TPSA) is 59.0 Å². The molecule has 0 saturated carbocycles. The normalized spacial score (nSPS) is 13.9. The van der Waals surface area contributed by atoms with Gasteiger partial charge in [0.2, 0.25) is 0 Å². The summed E-state index contributed by atoms with van der Waals surface area (Å²) in [6.45, 7) is 3.32. The van der Waals surface area contributed by atoms with Gasteiger partial charge in [0.1, 0.15) is 0 Å². The Morgan fingerprint density at radius 2 is 2.05 bits per heavy atom. The van der Waals surface area contributed by atoms with E-state index >= 15 is 0 Å². The molecular weight excluding hydrogens is 273 g/mol. The highest BCUT2D eigenvalue weighted by Gasteiger charge is 2.47. The van der Waals surface area contributed by atoms with Crippen LogP contribution in [0.4, 0.5) is 18.0 Å². The second-order valence-electron chi connectivity index (χ2n) is 5.38. The van der Waals surface area contributed by atoms with Crippen molar-refractivity contribution in [3.05, 3.63) is 18.0 Å². The quantitative estimate of drug-likeness (QED) is 0.895. The van der Waals surface area contributed by atoms with Crippen LogP contribution in [-0.4, -0.2) is 28.5 Å². The smallest absolute Gasteiger partial charge is 0.337 e. The van der Waals surface area contributed by atoms with Crippen molar-refractivity contribution in [3.63, 3.8) is 0 Å². The first-order valence-corrected chi connectivity index (χ1v) is 6.12. The van der Waals surface area contributed by atoms with Crippen molar-refractivity contribution in [2.75, 3.05) is 6.54 Å². The highest BCUT2D eigenvalue weighted by molar-refractivity contribution is 5.74. The van der Waals surface area contributed by atoms with Crippen LogP contribution in [0.3, 0.4) is 0 Å². The van der Waals surface area contributed by atoms with Gasteiger partial charge in [0.25, 0.3) is 0 Å². The Balaban J connectivity index is 2.49. The van der Waals surface area contributed by atoms with Crippen LogP contribution in [0.1, 0.15) is 32.4 Å². The SMILES string of the molecule is CC(NC(=O)NCC(C)(C)C(F)(F)F)c1cnn(C)c1. The molecule has 5 nitrogen and oxygen atoms in total.